The fourth-order valence-electron chi connectivity index (χ4n) is 3.99. The summed E-state index contributed by atoms with van der Waals surface area (Å²) in [5.41, 5.74) is 5.14. The zero-order valence-corrected chi connectivity index (χ0v) is 14.0. The minimum atomic E-state index is -0.749. The van der Waals surface area contributed by atoms with Crippen LogP contribution in [0.5, 0.6) is 0 Å². The van der Waals surface area contributed by atoms with Crippen LogP contribution in [0.15, 0.2) is 18.2 Å². The number of rotatable bonds is 2. The van der Waals surface area contributed by atoms with Crippen LogP contribution in [0.1, 0.15) is 36.0 Å². The first-order valence-corrected chi connectivity index (χ1v) is 8.45. The van der Waals surface area contributed by atoms with Crippen molar-refractivity contribution in [3.05, 3.63) is 34.6 Å². The van der Waals surface area contributed by atoms with Crippen molar-refractivity contribution in [3.63, 3.8) is 0 Å². The molecule has 2 fully saturated rings. The van der Waals surface area contributed by atoms with Gasteiger partial charge in [-0.25, -0.2) is 4.39 Å². The molecular weight excluding hydrogens is 335 g/mol. The highest BCUT2D eigenvalue weighted by Crippen LogP contribution is 2.44. The van der Waals surface area contributed by atoms with Crippen LogP contribution in [0.25, 0.3) is 0 Å². The molecule has 0 aromatic heterocycles. The lowest BCUT2D eigenvalue weighted by Gasteiger charge is -2.50. The van der Waals surface area contributed by atoms with E-state index in [0.717, 1.165) is 18.9 Å². The van der Waals surface area contributed by atoms with E-state index in [1.807, 2.05) is 0 Å². The Morgan fingerprint density at radius 2 is 2.00 bits per heavy atom. The van der Waals surface area contributed by atoms with Crippen molar-refractivity contribution in [2.24, 2.45) is 11.1 Å². The van der Waals surface area contributed by atoms with Crippen molar-refractivity contribution in [2.45, 2.75) is 31.7 Å². The van der Waals surface area contributed by atoms with Gasteiger partial charge in [-0.1, -0.05) is 11.6 Å². The van der Waals surface area contributed by atoms with Gasteiger partial charge in [-0.3, -0.25) is 9.59 Å². The summed E-state index contributed by atoms with van der Waals surface area (Å²) in [4.78, 5) is 26.5. The Hall–Kier alpha value is -1.66. The van der Waals surface area contributed by atoms with Crippen molar-refractivity contribution >= 4 is 23.4 Å². The number of nitrogens with zero attached hydrogens (tertiary/aromatic N) is 1. The van der Waals surface area contributed by atoms with Crippen molar-refractivity contribution in [1.82, 2.24) is 4.90 Å². The van der Waals surface area contributed by atoms with Gasteiger partial charge in [-0.05, 0) is 43.9 Å². The molecule has 7 heteroatoms. The Morgan fingerprint density at radius 1 is 1.29 bits per heavy atom. The minimum absolute atomic E-state index is 0.127. The summed E-state index contributed by atoms with van der Waals surface area (Å²) in [5, 5.41) is 0.271. The number of likely N-dealkylation sites (tertiary alicyclic amines) is 1. The van der Waals surface area contributed by atoms with Crippen molar-refractivity contribution in [2.75, 3.05) is 19.8 Å². The van der Waals surface area contributed by atoms with E-state index < -0.39 is 23.7 Å². The number of primary amides is 1. The summed E-state index contributed by atoms with van der Waals surface area (Å²) in [6, 6.07) is 3.09. The maximum Gasteiger partial charge on any atom is 0.257 e. The van der Waals surface area contributed by atoms with Crippen molar-refractivity contribution < 1.29 is 18.7 Å². The molecule has 3 rings (SSSR count). The van der Waals surface area contributed by atoms with Crippen LogP contribution < -0.4 is 5.73 Å². The standard InChI is InChI=1S/C17H20ClFN2O3/c18-11-2-3-13(19)12(10-11)16(23)21-7-1-4-17(14(21)15(20)22)5-8-24-9-6-17/h2-3,10,14H,1,4-9H2,(H2,20,22). The molecule has 2 aliphatic rings. The quantitative estimate of drug-likeness (QED) is 0.886. The smallest absolute Gasteiger partial charge is 0.257 e. The molecule has 1 spiro atoms. The van der Waals surface area contributed by atoms with Crippen LogP contribution in [0, 0.1) is 11.2 Å². The fourth-order valence-corrected chi connectivity index (χ4v) is 4.16. The van der Waals surface area contributed by atoms with E-state index in [-0.39, 0.29) is 16.0 Å². The minimum Gasteiger partial charge on any atom is -0.381 e. The number of piperidine rings is 1. The second-order valence-electron chi connectivity index (χ2n) is 6.51. The fraction of sp³-hybridized carbons (Fsp3) is 0.529. The predicted molar refractivity (Wildman–Crippen MR) is 87.1 cm³/mol. The molecule has 24 heavy (non-hydrogen) atoms. The van der Waals surface area contributed by atoms with Gasteiger partial charge in [0.05, 0.1) is 5.56 Å². The molecule has 0 radical (unpaired) electrons. The molecule has 5 nitrogen and oxygen atoms in total. The topological polar surface area (TPSA) is 72.6 Å². The molecule has 1 aromatic carbocycles. The second-order valence-corrected chi connectivity index (χ2v) is 6.94. The van der Waals surface area contributed by atoms with E-state index in [1.54, 1.807) is 0 Å². The number of carbonyl (C=O) groups is 2. The third kappa shape index (κ3) is 3.00. The lowest BCUT2D eigenvalue weighted by molar-refractivity contribution is -0.134. The maximum atomic E-state index is 14.1. The second kappa shape index (κ2) is 6.69. The molecule has 130 valence electrons. The summed E-state index contributed by atoms with van der Waals surface area (Å²) in [7, 11) is 0. The van der Waals surface area contributed by atoms with Crippen LogP contribution in [-0.2, 0) is 9.53 Å². The monoisotopic (exact) mass is 354 g/mol. The number of amides is 2. The molecule has 0 aliphatic carbocycles. The van der Waals surface area contributed by atoms with Crippen molar-refractivity contribution in [3.8, 4) is 0 Å². The van der Waals surface area contributed by atoms with Crippen LogP contribution in [0.4, 0.5) is 4.39 Å². The number of ether oxygens (including phenoxy) is 1. The third-order valence-corrected chi connectivity index (χ3v) is 5.38. The molecule has 1 aromatic rings. The molecule has 1 atom stereocenters. The first-order chi connectivity index (χ1) is 11.4. The van der Waals surface area contributed by atoms with Gasteiger partial charge in [0.25, 0.3) is 5.91 Å². The molecule has 2 heterocycles. The van der Waals surface area contributed by atoms with E-state index >= 15 is 0 Å². The summed E-state index contributed by atoms with van der Waals surface area (Å²) in [6.45, 7) is 1.45. The van der Waals surface area contributed by atoms with E-state index in [1.165, 1.54) is 17.0 Å². The van der Waals surface area contributed by atoms with Gasteiger partial charge in [0.2, 0.25) is 5.91 Å². The normalized spacial score (nSPS) is 23.2. The largest absolute Gasteiger partial charge is 0.381 e. The third-order valence-electron chi connectivity index (χ3n) is 5.14. The first kappa shape index (κ1) is 17.2. The summed E-state index contributed by atoms with van der Waals surface area (Å²) in [5.74, 6) is -1.74. The van der Waals surface area contributed by atoms with Gasteiger partial charge in [-0.15, -0.1) is 0 Å². The lowest BCUT2D eigenvalue weighted by Crippen LogP contribution is -2.61. The number of halogens is 2. The Labute approximate surface area is 144 Å². The van der Waals surface area contributed by atoms with Gasteiger partial charge in [0, 0.05) is 30.2 Å². The number of hydrogen-bond acceptors (Lipinski definition) is 3. The molecule has 0 saturated carbocycles. The average molecular weight is 355 g/mol. The van der Waals surface area contributed by atoms with Crippen LogP contribution in [0.3, 0.4) is 0 Å². The summed E-state index contributed by atoms with van der Waals surface area (Å²) in [6.07, 6.45) is 2.90. The number of nitrogens with two attached hydrogens (primary N) is 1. The van der Waals surface area contributed by atoms with Crippen LogP contribution in [-0.4, -0.2) is 42.5 Å². The van der Waals surface area contributed by atoms with Gasteiger partial charge in [0.15, 0.2) is 0 Å². The zero-order valence-electron chi connectivity index (χ0n) is 13.3. The highest BCUT2D eigenvalue weighted by molar-refractivity contribution is 6.31. The average Bonchev–Trinajstić information content (AvgIpc) is 2.56. The Bertz CT molecular complexity index is 656. The highest BCUT2D eigenvalue weighted by atomic mass is 35.5. The molecule has 2 aliphatic heterocycles. The van der Waals surface area contributed by atoms with Gasteiger partial charge < -0.3 is 15.4 Å². The maximum absolute atomic E-state index is 14.1. The molecular formula is C17H20ClFN2O3. The number of benzene rings is 1. The summed E-state index contributed by atoms with van der Waals surface area (Å²) < 4.78 is 19.5. The Morgan fingerprint density at radius 3 is 2.67 bits per heavy atom. The number of hydrogen-bond donors (Lipinski definition) is 1. The zero-order chi connectivity index (χ0) is 17.3. The van der Waals surface area contributed by atoms with Crippen molar-refractivity contribution in [1.29, 1.82) is 0 Å². The first-order valence-electron chi connectivity index (χ1n) is 8.08. The predicted octanol–water partition coefficient (Wildman–Crippen LogP) is 2.37. The van der Waals surface area contributed by atoms with Gasteiger partial charge in [-0.2, -0.15) is 0 Å². The lowest BCUT2D eigenvalue weighted by atomic mass is 9.67. The van der Waals surface area contributed by atoms with E-state index in [9.17, 15) is 14.0 Å². The molecule has 2 N–H and O–H groups in total. The molecule has 2 saturated heterocycles. The van der Waals surface area contributed by atoms with Gasteiger partial charge >= 0.3 is 0 Å². The summed E-state index contributed by atoms with van der Waals surface area (Å²) >= 11 is 5.90. The highest BCUT2D eigenvalue weighted by Gasteiger charge is 2.50. The van der Waals surface area contributed by atoms with E-state index in [2.05, 4.69) is 0 Å². The van der Waals surface area contributed by atoms with E-state index in [0.29, 0.717) is 32.6 Å². The van der Waals surface area contributed by atoms with Crippen LogP contribution in [0.2, 0.25) is 5.02 Å². The molecule has 0 bridgehead atoms. The van der Waals surface area contributed by atoms with E-state index in [4.69, 9.17) is 22.1 Å². The molecule has 2 amide bonds. The number of carbonyl (C=O) groups excluding carboxylic acids is 2. The Balaban J connectivity index is 1.97. The SMILES string of the molecule is NC(=O)C1N(C(=O)c2cc(Cl)ccc2F)CCCC12CCOCC2. The Kier molecular flexibility index (Phi) is 4.78. The van der Waals surface area contributed by atoms with Crippen LogP contribution >= 0.6 is 11.6 Å². The molecule has 1 unspecified atom stereocenters. The van der Waals surface area contributed by atoms with Gasteiger partial charge in [0.1, 0.15) is 11.9 Å².